The Morgan fingerprint density at radius 2 is 2.12 bits per heavy atom. The van der Waals surface area contributed by atoms with Gasteiger partial charge in [0.15, 0.2) is 0 Å². The monoisotopic (exact) mass is 360 g/mol. The number of nitrogens with two attached hydrogens (primary N) is 1. The quantitative estimate of drug-likeness (QED) is 0.886. The minimum absolute atomic E-state index is 0.00909. The molecular formula is C16H16N4O2S2. The van der Waals surface area contributed by atoms with Crippen molar-refractivity contribution in [2.75, 3.05) is 12.8 Å². The molecule has 1 aliphatic rings. The van der Waals surface area contributed by atoms with Crippen molar-refractivity contribution >= 4 is 27.3 Å². The van der Waals surface area contributed by atoms with Gasteiger partial charge in [-0.05, 0) is 36.8 Å². The summed E-state index contributed by atoms with van der Waals surface area (Å²) in [6.45, 7) is 1.77. The van der Waals surface area contributed by atoms with Crippen molar-refractivity contribution in [1.82, 2.24) is 4.31 Å². The van der Waals surface area contributed by atoms with Crippen LogP contribution in [-0.2, 0) is 15.6 Å². The van der Waals surface area contributed by atoms with Crippen molar-refractivity contribution in [2.24, 2.45) is 10.7 Å². The van der Waals surface area contributed by atoms with Crippen LogP contribution in [0.2, 0.25) is 0 Å². The number of hydrogen-bond donors (Lipinski definition) is 1. The Morgan fingerprint density at radius 3 is 2.79 bits per heavy atom. The fraction of sp³-hybridized carbons (Fsp3) is 0.250. The van der Waals surface area contributed by atoms with Gasteiger partial charge in [-0.25, -0.2) is 17.7 Å². The highest BCUT2D eigenvalue weighted by molar-refractivity contribution is 7.89. The molecule has 3 rings (SSSR count). The minimum atomic E-state index is -3.49. The lowest BCUT2D eigenvalue weighted by molar-refractivity contribution is 0.482. The highest BCUT2D eigenvalue weighted by atomic mass is 32.2. The molecule has 1 aromatic carbocycles. The van der Waals surface area contributed by atoms with Crippen LogP contribution in [0.25, 0.3) is 10.4 Å². The number of guanidine groups is 1. The van der Waals surface area contributed by atoms with Gasteiger partial charge in [-0.15, -0.1) is 11.3 Å². The zero-order valence-electron chi connectivity index (χ0n) is 13.2. The van der Waals surface area contributed by atoms with E-state index in [1.54, 1.807) is 19.1 Å². The van der Waals surface area contributed by atoms with E-state index in [-0.39, 0.29) is 11.7 Å². The van der Waals surface area contributed by atoms with Crippen LogP contribution in [0.4, 0.5) is 0 Å². The number of benzene rings is 1. The summed E-state index contributed by atoms with van der Waals surface area (Å²) in [6, 6.07) is 13.2. The second-order valence-electron chi connectivity index (χ2n) is 5.82. The average molecular weight is 360 g/mol. The summed E-state index contributed by atoms with van der Waals surface area (Å²) in [5.74, 6) is -0.139. The maximum atomic E-state index is 12.3. The van der Waals surface area contributed by atoms with Crippen molar-refractivity contribution in [3.8, 4) is 16.5 Å². The first-order chi connectivity index (χ1) is 11.2. The SMILES string of the molecule is CN1C(N)=NC(C)(c2ccc(-c3cccc(C#N)c3)s2)CS1(=O)=O. The summed E-state index contributed by atoms with van der Waals surface area (Å²) in [7, 11) is -2.09. The van der Waals surface area contributed by atoms with Crippen LogP contribution in [0.15, 0.2) is 41.4 Å². The zero-order valence-corrected chi connectivity index (χ0v) is 14.9. The van der Waals surface area contributed by atoms with E-state index in [0.717, 1.165) is 19.6 Å². The Hall–Kier alpha value is -2.37. The molecule has 0 radical (unpaired) electrons. The lowest BCUT2D eigenvalue weighted by atomic mass is 10.0. The smallest absolute Gasteiger partial charge is 0.239 e. The van der Waals surface area contributed by atoms with Gasteiger partial charge in [-0.3, -0.25) is 0 Å². The van der Waals surface area contributed by atoms with Crippen LogP contribution in [-0.4, -0.2) is 31.5 Å². The Balaban J connectivity index is 2.03. The maximum absolute atomic E-state index is 12.3. The minimum Gasteiger partial charge on any atom is -0.369 e. The largest absolute Gasteiger partial charge is 0.369 e. The molecular weight excluding hydrogens is 344 g/mol. The Kier molecular flexibility index (Phi) is 3.86. The number of nitriles is 1. The van der Waals surface area contributed by atoms with Gasteiger partial charge in [0.05, 0.1) is 17.4 Å². The van der Waals surface area contributed by atoms with E-state index < -0.39 is 15.6 Å². The number of thiophene rings is 1. The topological polar surface area (TPSA) is 99.5 Å². The molecule has 0 amide bonds. The van der Waals surface area contributed by atoms with Crippen molar-refractivity contribution in [3.63, 3.8) is 0 Å². The molecule has 0 saturated heterocycles. The number of hydrogen-bond acceptors (Lipinski definition) is 6. The van der Waals surface area contributed by atoms with Crippen LogP contribution in [0.5, 0.6) is 0 Å². The van der Waals surface area contributed by atoms with Gasteiger partial charge < -0.3 is 5.73 Å². The van der Waals surface area contributed by atoms with Gasteiger partial charge in [-0.2, -0.15) is 5.26 Å². The standard InChI is InChI=1S/C16H16N4O2S2/c1-16(10-24(21,22)20(2)15(18)19-16)14-7-6-13(23-14)12-5-3-4-11(8-12)9-17/h3-8H,10H2,1-2H3,(H2,18,19). The first kappa shape index (κ1) is 16.5. The fourth-order valence-corrected chi connectivity index (χ4v) is 5.23. The van der Waals surface area contributed by atoms with Crippen molar-refractivity contribution < 1.29 is 8.42 Å². The number of aliphatic imine (C=N–C) groups is 1. The van der Waals surface area contributed by atoms with E-state index in [1.165, 1.54) is 18.4 Å². The molecule has 24 heavy (non-hydrogen) atoms. The molecule has 0 aliphatic carbocycles. The molecule has 1 atom stereocenters. The molecule has 0 fully saturated rings. The van der Waals surface area contributed by atoms with Gasteiger partial charge in [0, 0.05) is 16.8 Å². The second-order valence-corrected chi connectivity index (χ2v) is 8.91. The molecule has 2 aromatic rings. The molecule has 2 heterocycles. The van der Waals surface area contributed by atoms with Crippen molar-refractivity contribution in [3.05, 3.63) is 46.8 Å². The van der Waals surface area contributed by atoms with Gasteiger partial charge >= 0.3 is 0 Å². The molecule has 0 saturated carbocycles. The molecule has 124 valence electrons. The molecule has 0 spiro atoms. The number of rotatable bonds is 2. The molecule has 2 N–H and O–H groups in total. The molecule has 1 unspecified atom stereocenters. The normalized spacial score (nSPS) is 22.7. The van der Waals surface area contributed by atoms with E-state index in [4.69, 9.17) is 11.0 Å². The first-order valence-corrected chi connectivity index (χ1v) is 9.60. The Labute approximate surface area is 144 Å². The van der Waals surface area contributed by atoms with E-state index in [9.17, 15) is 8.42 Å². The van der Waals surface area contributed by atoms with Crippen LogP contribution in [0.1, 0.15) is 17.4 Å². The average Bonchev–Trinajstić information content (AvgIpc) is 3.03. The molecule has 1 aromatic heterocycles. The number of sulfonamides is 1. The Bertz CT molecular complexity index is 972. The molecule has 6 nitrogen and oxygen atoms in total. The summed E-state index contributed by atoms with van der Waals surface area (Å²) >= 11 is 1.46. The van der Waals surface area contributed by atoms with Gasteiger partial charge in [-0.1, -0.05) is 12.1 Å². The van der Waals surface area contributed by atoms with E-state index in [1.807, 2.05) is 24.3 Å². The van der Waals surface area contributed by atoms with Crippen LogP contribution < -0.4 is 5.73 Å². The second kappa shape index (κ2) is 5.61. The predicted molar refractivity (Wildman–Crippen MR) is 95.0 cm³/mol. The summed E-state index contributed by atoms with van der Waals surface area (Å²) in [5, 5.41) is 9.02. The van der Waals surface area contributed by atoms with E-state index >= 15 is 0 Å². The van der Waals surface area contributed by atoms with Crippen molar-refractivity contribution in [1.29, 1.82) is 5.26 Å². The lowest BCUT2D eigenvalue weighted by Crippen LogP contribution is -2.50. The van der Waals surface area contributed by atoms with E-state index in [2.05, 4.69) is 11.1 Å². The Morgan fingerprint density at radius 1 is 1.38 bits per heavy atom. The first-order valence-electron chi connectivity index (χ1n) is 7.18. The third kappa shape index (κ3) is 2.77. The summed E-state index contributed by atoms with van der Waals surface area (Å²) in [4.78, 5) is 6.17. The third-order valence-corrected chi connectivity index (χ3v) is 7.31. The highest BCUT2D eigenvalue weighted by Gasteiger charge is 2.41. The van der Waals surface area contributed by atoms with Crippen LogP contribution in [0, 0.1) is 11.3 Å². The fourth-order valence-electron chi connectivity index (χ4n) is 2.60. The summed E-state index contributed by atoms with van der Waals surface area (Å²) in [5.41, 5.74) is 6.38. The molecule has 8 heteroatoms. The van der Waals surface area contributed by atoms with Crippen molar-refractivity contribution in [2.45, 2.75) is 12.5 Å². The molecule has 1 aliphatic heterocycles. The summed E-state index contributed by atoms with van der Waals surface area (Å²) < 4.78 is 25.6. The molecule has 0 bridgehead atoms. The summed E-state index contributed by atoms with van der Waals surface area (Å²) in [6.07, 6.45) is 0. The lowest BCUT2D eigenvalue weighted by Gasteiger charge is -2.33. The van der Waals surface area contributed by atoms with E-state index in [0.29, 0.717) is 5.56 Å². The third-order valence-electron chi connectivity index (χ3n) is 3.98. The van der Waals surface area contributed by atoms with Gasteiger partial charge in [0.1, 0.15) is 5.54 Å². The van der Waals surface area contributed by atoms with Gasteiger partial charge in [0.2, 0.25) is 16.0 Å². The maximum Gasteiger partial charge on any atom is 0.239 e. The highest BCUT2D eigenvalue weighted by Crippen LogP contribution is 2.39. The van der Waals surface area contributed by atoms with Crippen LogP contribution >= 0.6 is 11.3 Å². The zero-order chi connectivity index (χ0) is 17.5. The van der Waals surface area contributed by atoms with Gasteiger partial charge in [0.25, 0.3) is 0 Å². The number of nitrogens with zero attached hydrogens (tertiary/aromatic N) is 3. The predicted octanol–water partition coefficient (Wildman–Crippen LogP) is 2.09. The van der Waals surface area contributed by atoms with Crippen LogP contribution in [0.3, 0.4) is 0 Å².